The summed E-state index contributed by atoms with van der Waals surface area (Å²) in [4.78, 5) is 0. The third-order valence-electron chi connectivity index (χ3n) is 3.52. The highest BCUT2D eigenvalue weighted by molar-refractivity contribution is 6.36. The maximum absolute atomic E-state index is 6.32. The summed E-state index contributed by atoms with van der Waals surface area (Å²) < 4.78 is 7.79. The first-order valence-electron chi connectivity index (χ1n) is 5.79. The van der Waals surface area contributed by atoms with Crippen LogP contribution in [0, 0.1) is 6.92 Å². The summed E-state index contributed by atoms with van der Waals surface area (Å²) in [6, 6.07) is 3.86. The van der Waals surface area contributed by atoms with E-state index in [1.807, 2.05) is 12.1 Å². The van der Waals surface area contributed by atoms with E-state index in [-0.39, 0.29) is 0 Å². The van der Waals surface area contributed by atoms with Gasteiger partial charge in [0.15, 0.2) is 0 Å². The van der Waals surface area contributed by atoms with Crippen molar-refractivity contribution < 1.29 is 4.74 Å². The summed E-state index contributed by atoms with van der Waals surface area (Å²) in [6.45, 7) is 4.99. The van der Waals surface area contributed by atoms with Gasteiger partial charge in [-0.3, -0.25) is 0 Å². The third-order valence-corrected chi connectivity index (χ3v) is 3.83. The minimum atomic E-state index is 0.806. The molecule has 0 unspecified atom stereocenters. The van der Waals surface area contributed by atoms with Crippen molar-refractivity contribution in [2.24, 2.45) is 0 Å². The van der Waals surface area contributed by atoms with Crippen molar-refractivity contribution in [3.8, 4) is 5.75 Å². The van der Waals surface area contributed by atoms with E-state index in [1.165, 1.54) is 11.3 Å². The zero-order chi connectivity index (χ0) is 12.0. The molecule has 0 bridgehead atoms. The van der Waals surface area contributed by atoms with Crippen LogP contribution in [0.5, 0.6) is 5.75 Å². The molecule has 90 valence electrons. The van der Waals surface area contributed by atoms with Gasteiger partial charge in [0.05, 0.1) is 17.6 Å². The molecule has 1 aromatic heterocycles. The summed E-state index contributed by atoms with van der Waals surface area (Å²) in [7, 11) is 1.71. The van der Waals surface area contributed by atoms with Crippen LogP contribution in [0.2, 0.25) is 5.02 Å². The molecule has 2 heterocycles. The Morgan fingerprint density at radius 2 is 2.24 bits per heavy atom. The van der Waals surface area contributed by atoms with Crippen molar-refractivity contribution in [2.45, 2.75) is 20.0 Å². The highest BCUT2D eigenvalue weighted by Gasteiger charge is 2.21. The zero-order valence-electron chi connectivity index (χ0n) is 10.0. The molecule has 2 aromatic rings. The van der Waals surface area contributed by atoms with Crippen molar-refractivity contribution in [3.05, 3.63) is 28.4 Å². The van der Waals surface area contributed by atoms with Crippen LogP contribution < -0.4 is 10.1 Å². The Morgan fingerprint density at radius 1 is 1.41 bits per heavy atom. The van der Waals surface area contributed by atoms with Gasteiger partial charge in [0, 0.05) is 30.7 Å². The Bertz CT molecular complexity index is 589. The fraction of sp³-hybridized carbons (Fsp3) is 0.385. The lowest BCUT2D eigenvalue weighted by atomic mass is 10.1. The lowest BCUT2D eigenvalue weighted by Crippen LogP contribution is -2.28. The Balaban J connectivity index is 2.45. The predicted octanol–water partition coefficient (Wildman–Crippen LogP) is 2.71. The monoisotopic (exact) mass is 250 g/mol. The molecule has 1 aliphatic heterocycles. The molecule has 1 aromatic carbocycles. The van der Waals surface area contributed by atoms with Gasteiger partial charge in [-0.25, -0.2) is 0 Å². The zero-order valence-corrected chi connectivity index (χ0v) is 10.8. The van der Waals surface area contributed by atoms with E-state index >= 15 is 0 Å². The minimum Gasteiger partial charge on any atom is -0.495 e. The number of methoxy groups -OCH3 is 1. The summed E-state index contributed by atoms with van der Waals surface area (Å²) in [5, 5.41) is 5.33. The van der Waals surface area contributed by atoms with Gasteiger partial charge in [-0.1, -0.05) is 11.6 Å². The van der Waals surface area contributed by atoms with Crippen molar-refractivity contribution in [1.29, 1.82) is 0 Å². The maximum Gasteiger partial charge on any atom is 0.143 e. The fourth-order valence-electron chi connectivity index (χ4n) is 2.69. The van der Waals surface area contributed by atoms with Crippen LogP contribution in [-0.4, -0.2) is 18.2 Å². The van der Waals surface area contributed by atoms with Crippen LogP contribution in [-0.2, 0) is 13.1 Å². The molecule has 0 radical (unpaired) electrons. The van der Waals surface area contributed by atoms with Crippen molar-refractivity contribution >= 4 is 22.5 Å². The van der Waals surface area contributed by atoms with Crippen LogP contribution in [0.25, 0.3) is 10.9 Å². The highest BCUT2D eigenvalue weighted by atomic mass is 35.5. The number of rotatable bonds is 1. The van der Waals surface area contributed by atoms with E-state index in [0.717, 1.165) is 41.3 Å². The van der Waals surface area contributed by atoms with Crippen LogP contribution in [0.4, 0.5) is 0 Å². The lowest BCUT2D eigenvalue weighted by Gasteiger charge is -2.18. The number of ether oxygens (including phenoxy) is 1. The molecular formula is C13H15ClN2O. The lowest BCUT2D eigenvalue weighted by molar-refractivity contribution is 0.415. The van der Waals surface area contributed by atoms with Gasteiger partial charge >= 0.3 is 0 Å². The number of nitrogens with one attached hydrogen (secondary N) is 1. The Morgan fingerprint density at radius 3 is 3.00 bits per heavy atom. The number of aromatic nitrogens is 1. The molecule has 0 spiro atoms. The number of hydrogen-bond donors (Lipinski definition) is 1. The van der Waals surface area contributed by atoms with E-state index in [4.69, 9.17) is 16.3 Å². The van der Waals surface area contributed by atoms with Crippen LogP contribution in [0.1, 0.15) is 11.3 Å². The number of aryl methyl sites for hydroxylation is 1. The summed E-state index contributed by atoms with van der Waals surface area (Å²) in [5.41, 5.74) is 3.71. The SMILES string of the molecule is COc1ccc(Cl)c2c(C)c3n(c12)CCNC3. The molecule has 0 saturated heterocycles. The number of hydrogen-bond acceptors (Lipinski definition) is 2. The number of nitrogens with zero attached hydrogens (tertiary/aromatic N) is 1. The van der Waals surface area contributed by atoms with Gasteiger partial charge in [0.1, 0.15) is 5.75 Å². The molecule has 3 nitrogen and oxygen atoms in total. The quantitative estimate of drug-likeness (QED) is 0.842. The molecule has 4 heteroatoms. The molecule has 0 amide bonds. The number of fused-ring (bicyclic) bond motifs is 3. The largest absolute Gasteiger partial charge is 0.495 e. The van der Waals surface area contributed by atoms with E-state index < -0.39 is 0 Å². The first kappa shape index (κ1) is 10.9. The fourth-order valence-corrected chi connectivity index (χ4v) is 2.99. The maximum atomic E-state index is 6.32. The molecule has 1 N–H and O–H groups in total. The molecular weight excluding hydrogens is 236 g/mol. The number of benzene rings is 1. The summed E-state index contributed by atoms with van der Waals surface area (Å²) in [5.74, 6) is 0.903. The van der Waals surface area contributed by atoms with Crippen molar-refractivity contribution in [3.63, 3.8) is 0 Å². The normalized spacial score (nSPS) is 15.0. The van der Waals surface area contributed by atoms with Gasteiger partial charge in [0.2, 0.25) is 0 Å². The molecule has 1 aliphatic rings. The molecule has 0 aliphatic carbocycles. The van der Waals surface area contributed by atoms with Gasteiger partial charge in [-0.05, 0) is 24.6 Å². The van der Waals surface area contributed by atoms with Gasteiger partial charge < -0.3 is 14.6 Å². The van der Waals surface area contributed by atoms with Gasteiger partial charge in [-0.2, -0.15) is 0 Å². The first-order chi connectivity index (χ1) is 8.24. The minimum absolute atomic E-state index is 0.806. The Labute approximate surface area is 105 Å². The molecule has 0 atom stereocenters. The van der Waals surface area contributed by atoms with Gasteiger partial charge in [-0.15, -0.1) is 0 Å². The number of halogens is 1. The van der Waals surface area contributed by atoms with Crippen molar-refractivity contribution in [1.82, 2.24) is 9.88 Å². The summed E-state index contributed by atoms with van der Waals surface area (Å²) in [6.07, 6.45) is 0. The highest BCUT2D eigenvalue weighted by Crippen LogP contribution is 2.37. The molecule has 0 fully saturated rings. The first-order valence-corrected chi connectivity index (χ1v) is 6.16. The average Bonchev–Trinajstić information content (AvgIpc) is 2.66. The second kappa shape index (κ2) is 3.93. The van der Waals surface area contributed by atoms with Crippen molar-refractivity contribution in [2.75, 3.05) is 13.7 Å². The predicted molar refractivity (Wildman–Crippen MR) is 69.9 cm³/mol. The molecule has 17 heavy (non-hydrogen) atoms. The van der Waals surface area contributed by atoms with Crippen LogP contribution in [0.3, 0.4) is 0 Å². The molecule has 3 rings (SSSR count). The van der Waals surface area contributed by atoms with Crippen LogP contribution >= 0.6 is 11.6 Å². The van der Waals surface area contributed by atoms with Gasteiger partial charge in [0.25, 0.3) is 0 Å². The topological polar surface area (TPSA) is 26.2 Å². The van der Waals surface area contributed by atoms with E-state index in [1.54, 1.807) is 7.11 Å². The smallest absolute Gasteiger partial charge is 0.143 e. The summed E-state index contributed by atoms with van der Waals surface area (Å²) >= 11 is 6.32. The average molecular weight is 251 g/mol. The third kappa shape index (κ3) is 1.46. The Hall–Kier alpha value is -1.19. The van der Waals surface area contributed by atoms with E-state index in [0.29, 0.717) is 0 Å². The molecule has 0 saturated carbocycles. The second-order valence-corrected chi connectivity index (χ2v) is 4.78. The van der Waals surface area contributed by atoms with E-state index in [9.17, 15) is 0 Å². The van der Waals surface area contributed by atoms with Crippen LogP contribution in [0.15, 0.2) is 12.1 Å². The standard InChI is InChI=1S/C13H15ClN2O/c1-8-10-7-15-5-6-16(10)13-11(17-2)4-3-9(14)12(8)13/h3-4,15H,5-7H2,1-2H3. The Kier molecular flexibility index (Phi) is 2.53. The van der Waals surface area contributed by atoms with E-state index in [2.05, 4.69) is 16.8 Å². The second-order valence-electron chi connectivity index (χ2n) is 4.37.